The molecule has 2 heterocycles. The number of pyridine rings is 2. The van der Waals surface area contributed by atoms with Gasteiger partial charge in [0.25, 0.3) is 0 Å². The van der Waals surface area contributed by atoms with Crippen molar-refractivity contribution in [2.24, 2.45) is 0 Å². The molecule has 118 valence electrons. The van der Waals surface area contributed by atoms with E-state index in [-0.39, 0.29) is 17.0 Å². The minimum Gasteiger partial charge on any atom is -0.257 e. The number of hydrogen-bond donors (Lipinski definition) is 0. The summed E-state index contributed by atoms with van der Waals surface area (Å²) in [5, 5.41) is 0. The summed E-state index contributed by atoms with van der Waals surface area (Å²) in [6, 6.07) is 4.76. The van der Waals surface area contributed by atoms with E-state index in [4.69, 9.17) is 0 Å². The van der Waals surface area contributed by atoms with Crippen LogP contribution in [0, 0.1) is 11.6 Å². The van der Waals surface area contributed by atoms with Crippen molar-refractivity contribution in [3.8, 4) is 0 Å². The first kappa shape index (κ1) is 16.5. The maximum absolute atomic E-state index is 14.3. The highest BCUT2D eigenvalue weighted by Gasteiger charge is 2.31. The normalized spacial score (nSPS) is 12.5. The number of halogens is 2. The fourth-order valence-corrected chi connectivity index (χ4v) is 2.63. The van der Waals surface area contributed by atoms with Gasteiger partial charge in [-0.1, -0.05) is 20.8 Å². The summed E-state index contributed by atoms with van der Waals surface area (Å²) < 4.78 is 30.0. The van der Waals surface area contributed by atoms with Crippen LogP contribution in [0.2, 0.25) is 0 Å². The van der Waals surface area contributed by atoms with Crippen molar-refractivity contribution in [2.45, 2.75) is 52.0 Å². The molecule has 0 fully saturated rings. The molecule has 0 bridgehead atoms. The van der Waals surface area contributed by atoms with Gasteiger partial charge in [0.05, 0.1) is 11.1 Å². The summed E-state index contributed by atoms with van der Waals surface area (Å²) in [4.78, 5) is 4.14. The molecule has 2 nitrogen and oxygen atoms in total. The van der Waals surface area contributed by atoms with Crippen LogP contribution in [0.15, 0.2) is 36.8 Å². The van der Waals surface area contributed by atoms with Crippen molar-refractivity contribution in [1.29, 1.82) is 0 Å². The monoisotopic (exact) mass is 305 g/mol. The third kappa shape index (κ3) is 3.49. The van der Waals surface area contributed by atoms with E-state index in [1.54, 1.807) is 22.9 Å². The van der Waals surface area contributed by atoms with Crippen LogP contribution in [0.1, 0.15) is 45.9 Å². The molecule has 2 aromatic heterocycles. The average Bonchev–Trinajstić information content (AvgIpc) is 2.36. The molecule has 0 atom stereocenters. The standard InChI is InChI=1S/C18H23F2N2/c1-17(2,3)13-8-10-22(11-15(13)20)12-18(4,5)16-14(19)7-6-9-21-16/h6-11H,12H2,1-5H3/q+1. The molecule has 0 aliphatic heterocycles. The molecule has 4 heteroatoms. The Bertz CT molecular complexity index is 673. The molecule has 2 aromatic rings. The molecular formula is C18H23F2N2+. The van der Waals surface area contributed by atoms with E-state index >= 15 is 0 Å². The van der Waals surface area contributed by atoms with Crippen molar-refractivity contribution >= 4 is 0 Å². The van der Waals surface area contributed by atoms with Crippen molar-refractivity contribution in [3.05, 3.63) is 59.7 Å². The quantitative estimate of drug-likeness (QED) is 0.785. The predicted octanol–water partition coefficient (Wildman–Crippen LogP) is 3.92. The number of nitrogens with zero attached hydrogens (tertiary/aromatic N) is 2. The Hall–Kier alpha value is -1.84. The molecule has 0 radical (unpaired) electrons. The van der Waals surface area contributed by atoms with Gasteiger partial charge in [-0.15, -0.1) is 0 Å². The van der Waals surface area contributed by atoms with E-state index in [0.717, 1.165) is 0 Å². The van der Waals surface area contributed by atoms with Gasteiger partial charge in [-0.25, -0.2) is 13.3 Å². The van der Waals surface area contributed by atoms with Gasteiger partial charge in [-0.05, 0) is 31.4 Å². The lowest BCUT2D eigenvalue weighted by molar-refractivity contribution is -0.705. The van der Waals surface area contributed by atoms with E-state index in [0.29, 0.717) is 17.8 Å². The second-order valence-electron chi connectivity index (χ2n) is 7.35. The first-order chi connectivity index (χ1) is 10.1. The molecule has 0 spiro atoms. The van der Waals surface area contributed by atoms with Gasteiger partial charge in [-0.3, -0.25) is 4.98 Å². The third-order valence-electron chi connectivity index (χ3n) is 3.75. The van der Waals surface area contributed by atoms with E-state index in [1.807, 2.05) is 40.8 Å². The van der Waals surface area contributed by atoms with Crippen LogP contribution < -0.4 is 4.57 Å². The molecule has 0 aromatic carbocycles. The first-order valence-corrected chi connectivity index (χ1v) is 7.41. The Morgan fingerprint density at radius 2 is 1.73 bits per heavy atom. The van der Waals surface area contributed by atoms with Gasteiger partial charge >= 0.3 is 0 Å². The molecule has 0 amide bonds. The lowest BCUT2D eigenvalue weighted by Gasteiger charge is -2.22. The summed E-state index contributed by atoms with van der Waals surface area (Å²) in [6.07, 6.45) is 4.89. The van der Waals surface area contributed by atoms with Gasteiger partial charge in [0, 0.05) is 17.8 Å². The van der Waals surface area contributed by atoms with Gasteiger partial charge in [0.15, 0.2) is 18.6 Å². The maximum atomic E-state index is 14.3. The SMILES string of the molecule is CC(C)(C)c1cc[n+](CC(C)(C)c2ncccc2F)cc1F. The highest BCUT2D eigenvalue weighted by molar-refractivity contribution is 5.20. The molecule has 2 rings (SSSR count). The summed E-state index contributed by atoms with van der Waals surface area (Å²) in [6.45, 7) is 10.2. The minimum absolute atomic E-state index is 0.243. The van der Waals surface area contributed by atoms with E-state index < -0.39 is 5.41 Å². The third-order valence-corrected chi connectivity index (χ3v) is 3.75. The summed E-state index contributed by atoms with van der Waals surface area (Å²) in [7, 11) is 0. The smallest absolute Gasteiger partial charge is 0.205 e. The molecule has 0 N–H and O–H groups in total. The van der Waals surface area contributed by atoms with Crippen LogP contribution in [-0.4, -0.2) is 4.98 Å². The van der Waals surface area contributed by atoms with E-state index in [1.165, 1.54) is 12.3 Å². The van der Waals surface area contributed by atoms with Gasteiger partial charge in [0.2, 0.25) is 6.20 Å². The summed E-state index contributed by atoms with van der Waals surface area (Å²) >= 11 is 0. The number of rotatable bonds is 3. The van der Waals surface area contributed by atoms with E-state index in [2.05, 4.69) is 4.98 Å². The van der Waals surface area contributed by atoms with Crippen molar-refractivity contribution < 1.29 is 13.3 Å². The Morgan fingerprint density at radius 3 is 2.27 bits per heavy atom. The highest BCUT2D eigenvalue weighted by atomic mass is 19.1. The zero-order valence-corrected chi connectivity index (χ0v) is 13.8. The van der Waals surface area contributed by atoms with Crippen LogP contribution in [0.3, 0.4) is 0 Å². The van der Waals surface area contributed by atoms with E-state index in [9.17, 15) is 8.78 Å². The topological polar surface area (TPSA) is 16.8 Å². The first-order valence-electron chi connectivity index (χ1n) is 7.41. The Balaban J connectivity index is 2.31. The molecule has 0 aliphatic rings. The molecule has 0 unspecified atom stereocenters. The molecular weight excluding hydrogens is 282 g/mol. The maximum Gasteiger partial charge on any atom is 0.205 e. The van der Waals surface area contributed by atoms with Crippen LogP contribution in [0.5, 0.6) is 0 Å². The zero-order chi connectivity index (χ0) is 16.5. The molecule has 0 saturated heterocycles. The molecule has 22 heavy (non-hydrogen) atoms. The van der Waals surface area contributed by atoms with Crippen LogP contribution in [-0.2, 0) is 17.4 Å². The largest absolute Gasteiger partial charge is 0.257 e. The fraction of sp³-hybridized carbons (Fsp3) is 0.444. The lowest BCUT2D eigenvalue weighted by atomic mass is 9.86. The second kappa shape index (κ2) is 5.75. The zero-order valence-electron chi connectivity index (χ0n) is 13.8. The molecule has 0 saturated carbocycles. The van der Waals surface area contributed by atoms with Crippen molar-refractivity contribution in [3.63, 3.8) is 0 Å². The van der Waals surface area contributed by atoms with Gasteiger partial charge in [0.1, 0.15) is 5.82 Å². The van der Waals surface area contributed by atoms with Crippen molar-refractivity contribution in [1.82, 2.24) is 4.98 Å². The highest BCUT2D eigenvalue weighted by Crippen LogP contribution is 2.26. The summed E-state index contributed by atoms with van der Waals surface area (Å²) in [5.41, 5.74) is 0.283. The fourth-order valence-electron chi connectivity index (χ4n) is 2.63. The molecule has 0 aliphatic carbocycles. The van der Waals surface area contributed by atoms with Crippen LogP contribution in [0.4, 0.5) is 8.78 Å². The van der Waals surface area contributed by atoms with Crippen molar-refractivity contribution in [2.75, 3.05) is 0 Å². The second-order valence-corrected chi connectivity index (χ2v) is 7.35. The van der Waals surface area contributed by atoms with Crippen LogP contribution >= 0.6 is 0 Å². The lowest BCUT2D eigenvalue weighted by Crippen LogP contribution is -2.44. The summed E-state index contributed by atoms with van der Waals surface area (Å²) in [5.74, 6) is -0.577. The number of aromatic nitrogens is 2. The van der Waals surface area contributed by atoms with Gasteiger partial charge < -0.3 is 0 Å². The van der Waals surface area contributed by atoms with Gasteiger partial charge in [-0.2, -0.15) is 0 Å². The Kier molecular flexibility index (Phi) is 4.32. The Morgan fingerprint density at radius 1 is 1.05 bits per heavy atom. The Labute approximate surface area is 130 Å². The number of hydrogen-bond acceptors (Lipinski definition) is 1. The predicted molar refractivity (Wildman–Crippen MR) is 82.5 cm³/mol. The van der Waals surface area contributed by atoms with Crippen LogP contribution in [0.25, 0.3) is 0 Å². The average molecular weight is 305 g/mol. The minimum atomic E-state index is -0.536.